The number of carbonyl (C=O) groups is 2. The fourth-order valence-electron chi connectivity index (χ4n) is 6.12. The van der Waals surface area contributed by atoms with E-state index < -0.39 is 23.5 Å². The normalized spacial score (nSPS) is 19.3. The molecule has 1 aliphatic heterocycles. The number of nitrogens with two attached hydrogens (primary N) is 1. The van der Waals surface area contributed by atoms with Gasteiger partial charge in [-0.25, -0.2) is 4.98 Å². The smallest absolute Gasteiger partial charge is 0.255 e. The van der Waals surface area contributed by atoms with E-state index in [0.29, 0.717) is 36.0 Å². The number of fused-ring (bicyclic) bond motifs is 1. The van der Waals surface area contributed by atoms with Crippen LogP contribution in [0.15, 0.2) is 104 Å². The van der Waals surface area contributed by atoms with Gasteiger partial charge >= 0.3 is 0 Å². The number of nitrogens with one attached hydrogen (secondary N) is 2. The second-order valence-corrected chi connectivity index (χ2v) is 12.3. The first kappa shape index (κ1) is 32.2. The van der Waals surface area contributed by atoms with Crippen molar-refractivity contribution in [1.29, 1.82) is 0 Å². The zero-order chi connectivity index (χ0) is 32.8. The number of rotatable bonds is 12. The first-order chi connectivity index (χ1) is 22.8. The van der Waals surface area contributed by atoms with Crippen molar-refractivity contribution in [3.05, 3.63) is 137 Å². The van der Waals surface area contributed by atoms with Gasteiger partial charge in [-0.2, -0.15) is 0 Å². The molecule has 6 rings (SSSR count). The highest BCUT2D eigenvalue weighted by atomic mass is 35.5. The Labute approximate surface area is 279 Å². The molecule has 2 aliphatic rings. The summed E-state index contributed by atoms with van der Waals surface area (Å²) in [5.74, 6) is -0.543. The summed E-state index contributed by atoms with van der Waals surface area (Å²) in [7, 11) is 1.75. The molecular formula is C37H38ClN5O4. The van der Waals surface area contributed by atoms with Crippen molar-refractivity contribution in [2.45, 2.75) is 50.0 Å². The van der Waals surface area contributed by atoms with E-state index in [4.69, 9.17) is 26.8 Å². The number of primary amides is 1. The van der Waals surface area contributed by atoms with E-state index in [1.165, 1.54) is 11.1 Å². The summed E-state index contributed by atoms with van der Waals surface area (Å²) in [4.78, 5) is 30.2. The summed E-state index contributed by atoms with van der Waals surface area (Å²) in [6.45, 7) is 1.60. The summed E-state index contributed by atoms with van der Waals surface area (Å²) in [6, 6.07) is 22.0. The number of amides is 2. The molecule has 0 saturated carbocycles. The maximum atomic E-state index is 13.4. The van der Waals surface area contributed by atoms with Gasteiger partial charge in [0.2, 0.25) is 5.91 Å². The monoisotopic (exact) mass is 651 g/mol. The number of halogens is 1. The van der Waals surface area contributed by atoms with Crippen molar-refractivity contribution in [2.75, 3.05) is 13.7 Å². The number of hydrogen-bond donors (Lipinski definition) is 3. The minimum absolute atomic E-state index is 0.0572. The van der Waals surface area contributed by atoms with E-state index in [9.17, 15) is 9.59 Å². The minimum Gasteiger partial charge on any atom is -0.492 e. The van der Waals surface area contributed by atoms with Gasteiger partial charge in [-0.15, -0.1) is 0 Å². The highest BCUT2D eigenvalue weighted by Gasteiger charge is 2.31. The molecular weight excluding hydrogens is 614 g/mol. The van der Waals surface area contributed by atoms with Gasteiger partial charge in [0, 0.05) is 55.7 Å². The lowest BCUT2D eigenvalue weighted by Gasteiger charge is -2.32. The lowest BCUT2D eigenvalue weighted by atomic mass is 9.89. The van der Waals surface area contributed by atoms with Crippen molar-refractivity contribution >= 4 is 29.0 Å². The second-order valence-electron chi connectivity index (χ2n) is 11.9. The fourth-order valence-corrected chi connectivity index (χ4v) is 6.25. The molecule has 3 atom stereocenters. The van der Waals surface area contributed by atoms with E-state index in [2.05, 4.69) is 50.5 Å². The number of allylic oxidation sites excluding steroid dienone is 2. The Bertz CT molecular complexity index is 1790. The number of carbonyl (C=O) groups excluding carboxylic acids is 2. The van der Waals surface area contributed by atoms with Crippen LogP contribution in [0, 0.1) is 0 Å². The summed E-state index contributed by atoms with van der Waals surface area (Å²) >= 11 is 5.99. The van der Waals surface area contributed by atoms with Gasteiger partial charge in [0.1, 0.15) is 17.4 Å². The maximum Gasteiger partial charge on any atom is 0.255 e. The molecule has 4 aromatic rings. The van der Waals surface area contributed by atoms with Crippen LogP contribution in [0.25, 0.3) is 5.57 Å². The van der Waals surface area contributed by atoms with Crippen molar-refractivity contribution in [1.82, 2.24) is 20.2 Å². The summed E-state index contributed by atoms with van der Waals surface area (Å²) in [5.41, 5.74) is 10.6. The van der Waals surface area contributed by atoms with Crippen molar-refractivity contribution in [2.24, 2.45) is 5.73 Å². The van der Waals surface area contributed by atoms with Crippen LogP contribution < -0.4 is 21.1 Å². The highest BCUT2D eigenvalue weighted by molar-refractivity contribution is 6.30. The standard InChI is InChI=1S/C37H38ClN5O4/c1-46-37(17-14-27(15-18-37)26-6-3-2-4-7-26)23-43-24-40-21-29(43)22-41-32-16-19-47-34-30(32)8-5-9-31(34)36(45)42-33(35(39)44)20-25-10-12-28(38)13-11-25/h2-15,17,21,24,32-33,41H,16,18-20,22-23H2,1H3,(H2,39,44)(H,42,45)/t32?,33-,37?/m0/s1. The average molecular weight is 652 g/mol. The van der Waals surface area contributed by atoms with Crippen molar-refractivity contribution < 1.29 is 19.1 Å². The molecule has 9 nitrogen and oxygen atoms in total. The number of aromatic nitrogens is 2. The third kappa shape index (κ3) is 7.49. The van der Waals surface area contributed by atoms with E-state index in [1.807, 2.05) is 42.9 Å². The Morgan fingerprint density at radius 1 is 1.13 bits per heavy atom. The molecule has 0 saturated heterocycles. The topological polar surface area (TPSA) is 120 Å². The van der Waals surface area contributed by atoms with E-state index in [0.717, 1.165) is 29.7 Å². The van der Waals surface area contributed by atoms with Crippen molar-refractivity contribution in [3.63, 3.8) is 0 Å². The first-order valence-corrected chi connectivity index (χ1v) is 16.0. The van der Waals surface area contributed by atoms with E-state index >= 15 is 0 Å². The number of benzene rings is 3. The molecule has 0 radical (unpaired) electrons. The van der Waals surface area contributed by atoms with Crippen LogP contribution in [0.2, 0.25) is 5.02 Å². The Morgan fingerprint density at radius 2 is 1.94 bits per heavy atom. The molecule has 3 aromatic carbocycles. The van der Waals surface area contributed by atoms with E-state index in [-0.39, 0.29) is 12.5 Å². The summed E-state index contributed by atoms with van der Waals surface area (Å²) < 4.78 is 14.2. The zero-order valence-electron chi connectivity index (χ0n) is 26.2. The molecule has 1 aliphatic carbocycles. The van der Waals surface area contributed by atoms with Gasteiger partial charge in [0.05, 0.1) is 30.7 Å². The number of ether oxygens (including phenoxy) is 2. The molecule has 0 spiro atoms. The molecule has 2 unspecified atom stereocenters. The Kier molecular flexibility index (Phi) is 9.87. The third-order valence-corrected chi connectivity index (χ3v) is 9.09. The maximum absolute atomic E-state index is 13.4. The number of para-hydroxylation sites is 1. The van der Waals surface area contributed by atoms with Gasteiger partial charge < -0.3 is 30.4 Å². The summed E-state index contributed by atoms with van der Waals surface area (Å²) in [6.07, 6.45) is 11.9. The van der Waals surface area contributed by atoms with Gasteiger partial charge in [0.25, 0.3) is 5.91 Å². The molecule has 10 heteroatoms. The fraction of sp³-hybridized carbons (Fsp3) is 0.270. The number of methoxy groups -OCH3 is 1. The van der Waals surface area contributed by atoms with Gasteiger partial charge in [-0.1, -0.05) is 84.4 Å². The predicted molar refractivity (Wildman–Crippen MR) is 182 cm³/mol. The Morgan fingerprint density at radius 3 is 2.66 bits per heavy atom. The average Bonchev–Trinajstić information content (AvgIpc) is 3.54. The highest BCUT2D eigenvalue weighted by Crippen LogP contribution is 2.36. The predicted octanol–water partition coefficient (Wildman–Crippen LogP) is 5.41. The Balaban J connectivity index is 1.12. The SMILES string of the molecule is COC1(Cn2cncc2CNC2CCOc3c(C(=O)N[C@@H](Cc4ccc(Cl)cc4)C(N)=O)cccc32)C=CC(c2ccccc2)=CC1. The van der Waals surface area contributed by atoms with Gasteiger partial charge in [0.15, 0.2) is 0 Å². The molecule has 0 fully saturated rings. The zero-order valence-corrected chi connectivity index (χ0v) is 27.0. The van der Waals surface area contributed by atoms with Gasteiger partial charge in [-0.05, 0) is 34.9 Å². The van der Waals surface area contributed by atoms with Crippen LogP contribution in [0.1, 0.15) is 51.6 Å². The van der Waals surface area contributed by atoms with Crippen LogP contribution in [-0.4, -0.2) is 46.7 Å². The molecule has 1 aromatic heterocycles. The van der Waals surface area contributed by atoms with Crippen LogP contribution in [0.4, 0.5) is 0 Å². The molecule has 2 amide bonds. The second kappa shape index (κ2) is 14.4. The van der Waals surface area contributed by atoms with Crippen molar-refractivity contribution in [3.8, 4) is 5.75 Å². The van der Waals surface area contributed by atoms with Crippen LogP contribution in [-0.2, 0) is 29.0 Å². The molecule has 4 N–H and O–H groups in total. The lowest BCUT2D eigenvalue weighted by Crippen LogP contribution is -2.46. The number of imidazole rings is 1. The minimum atomic E-state index is -0.896. The lowest BCUT2D eigenvalue weighted by molar-refractivity contribution is -0.119. The third-order valence-electron chi connectivity index (χ3n) is 8.83. The van der Waals surface area contributed by atoms with Crippen LogP contribution in [0.5, 0.6) is 5.75 Å². The Hall–Kier alpha value is -4.70. The molecule has 0 bridgehead atoms. The molecule has 47 heavy (non-hydrogen) atoms. The quantitative estimate of drug-likeness (QED) is 0.189. The first-order valence-electron chi connectivity index (χ1n) is 15.7. The summed E-state index contributed by atoms with van der Waals surface area (Å²) in [5, 5.41) is 7.04. The van der Waals surface area contributed by atoms with Crippen LogP contribution in [0.3, 0.4) is 0 Å². The van der Waals surface area contributed by atoms with Crippen LogP contribution >= 0.6 is 11.6 Å². The van der Waals surface area contributed by atoms with Gasteiger partial charge in [-0.3, -0.25) is 9.59 Å². The molecule has 242 valence electrons. The van der Waals surface area contributed by atoms with E-state index in [1.54, 1.807) is 37.4 Å². The number of hydrogen-bond acceptors (Lipinski definition) is 6. The molecule has 2 heterocycles. The largest absolute Gasteiger partial charge is 0.492 e. The number of nitrogens with zero attached hydrogens (tertiary/aromatic N) is 2.